The van der Waals surface area contributed by atoms with Crippen molar-refractivity contribution in [3.05, 3.63) is 0 Å². The summed E-state index contributed by atoms with van der Waals surface area (Å²) in [5, 5.41) is 0. The largest absolute Gasteiger partial charge is 0.0599 e. The van der Waals surface area contributed by atoms with Crippen LogP contribution in [0.15, 0.2) is 0 Å². The van der Waals surface area contributed by atoms with Crippen molar-refractivity contribution < 1.29 is 0 Å². The molecule has 0 aliphatic heterocycles. The summed E-state index contributed by atoms with van der Waals surface area (Å²) in [6, 6.07) is 0. The Bertz CT molecular complexity index is 250. The fraction of sp³-hybridized carbons (Fsp3) is 1.00. The molecule has 2 aliphatic carbocycles. The Labute approximate surface area is 102 Å². The molecule has 2 fully saturated rings. The molecule has 2 rings (SSSR count). The van der Waals surface area contributed by atoms with Gasteiger partial charge in [0.1, 0.15) is 0 Å². The summed E-state index contributed by atoms with van der Waals surface area (Å²) >= 11 is 0. The molecule has 0 saturated heterocycles. The number of rotatable bonds is 0. The van der Waals surface area contributed by atoms with Crippen LogP contribution >= 0.6 is 0 Å². The van der Waals surface area contributed by atoms with E-state index >= 15 is 0 Å². The molecular formula is C16H30. The predicted octanol–water partition coefficient (Wildman–Crippen LogP) is 5.13. The third-order valence-electron chi connectivity index (χ3n) is 5.35. The molecule has 94 valence electrons. The molecule has 2 aliphatic rings. The Morgan fingerprint density at radius 3 is 1.81 bits per heavy atom. The van der Waals surface area contributed by atoms with Gasteiger partial charge in [0.05, 0.1) is 0 Å². The van der Waals surface area contributed by atoms with E-state index in [1.54, 1.807) is 0 Å². The first-order valence-electron chi connectivity index (χ1n) is 7.21. The van der Waals surface area contributed by atoms with E-state index in [2.05, 4.69) is 41.5 Å². The number of hydrogen-bond acceptors (Lipinski definition) is 0. The molecule has 0 spiro atoms. The van der Waals surface area contributed by atoms with Crippen LogP contribution in [-0.4, -0.2) is 0 Å². The van der Waals surface area contributed by atoms with Crippen molar-refractivity contribution in [3.63, 3.8) is 0 Å². The third kappa shape index (κ3) is 2.05. The quantitative estimate of drug-likeness (QED) is 0.533. The van der Waals surface area contributed by atoms with Crippen LogP contribution in [0.5, 0.6) is 0 Å². The lowest BCUT2D eigenvalue weighted by atomic mass is 9.46. The molecule has 0 heterocycles. The van der Waals surface area contributed by atoms with E-state index in [-0.39, 0.29) is 0 Å². The van der Waals surface area contributed by atoms with Gasteiger partial charge in [0.25, 0.3) is 0 Å². The average Bonchev–Trinajstić information content (AvgIpc) is 2.01. The van der Waals surface area contributed by atoms with Crippen LogP contribution in [0.3, 0.4) is 0 Å². The van der Waals surface area contributed by atoms with Gasteiger partial charge in [0, 0.05) is 0 Å². The van der Waals surface area contributed by atoms with E-state index in [0.717, 1.165) is 23.7 Å². The molecule has 4 unspecified atom stereocenters. The topological polar surface area (TPSA) is 0 Å². The highest BCUT2D eigenvalue weighted by Gasteiger charge is 2.53. The minimum absolute atomic E-state index is 0.521. The van der Waals surface area contributed by atoms with Crippen LogP contribution in [0.25, 0.3) is 0 Å². The molecule has 4 atom stereocenters. The molecule has 0 nitrogen and oxygen atoms in total. The van der Waals surface area contributed by atoms with Crippen LogP contribution in [0.1, 0.15) is 67.2 Å². The fourth-order valence-electron chi connectivity index (χ4n) is 4.43. The van der Waals surface area contributed by atoms with Gasteiger partial charge in [0.15, 0.2) is 0 Å². The maximum atomic E-state index is 2.46. The lowest BCUT2D eigenvalue weighted by molar-refractivity contribution is -0.105. The van der Waals surface area contributed by atoms with Crippen molar-refractivity contribution in [2.75, 3.05) is 0 Å². The van der Waals surface area contributed by atoms with Crippen LogP contribution in [-0.2, 0) is 0 Å². The Kier molecular flexibility index (Phi) is 2.92. The lowest BCUT2D eigenvalue weighted by Crippen LogP contribution is -2.52. The normalized spacial score (nSPS) is 40.1. The van der Waals surface area contributed by atoms with Gasteiger partial charge >= 0.3 is 0 Å². The maximum absolute atomic E-state index is 2.46. The molecule has 0 heteroatoms. The van der Waals surface area contributed by atoms with Crippen molar-refractivity contribution in [2.45, 2.75) is 67.2 Å². The van der Waals surface area contributed by atoms with E-state index in [1.165, 1.54) is 25.7 Å². The van der Waals surface area contributed by atoms with Crippen molar-refractivity contribution in [1.82, 2.24) is 0 Å². The molecular weight excluding hydrogens is 192 g/mol. The van der Waals surface area contributed by atoms with Crippen LogP contribution in [0.2, 0.25) is 0 Å². The zero-order chi connectivity index (χ0) is 12.1. The Hall–Kier alpha value is 0. The first kappa shape index (κ1) is 12.5. The fourth-order valence-corrected chi connectivity index (χ4v) is 4.43. The molecule has 0 aromatic heterocycles. The van der Waals surface area contributed by atoms with Crippen LogP contribution < -0.4 is 0 Å². The molecule has 0 aromatic carbocycles. The van der Waals surface area contributed by atoms with E-state index in [1.807, 2.05) is 0 Å². The zero-order valence-electron chi connectivity index (χ0n) is 12.1. The summed E-state index contributed by atoms with van der Waals surface area (Å²) in [6.07, 6.45) is 6.00. The summed E-state index contributed by atoms with van der Waals surface area (Å²) < 4.78 is 0. The second-order valence-corrected chi connectivity index (χ2v) is 8.45. The molecule has 0 radical (unpaired) electrons. The first-order chi connectivity index (χ1) is 7.21. The highest BCUT2D eigenvalue weighted by molar-refractivity contribution is 5.02. The minimum Gasteiger partial charge on any atom is -0.0599 e. The first-order valence-corrected chi connectivity index (χ1v) is 7.21. The van der Waals surface area contributed by atoms with Crippen molar-refractivity contribution in [3.8, 4) is 0 Å². The van der Waals surface area contributed by atoms with Gasteiger partial charge in [-0.2, -0.15) is 0 Å². The van der Waals surface area contributed by atoms with Gasteiger partial charge in [-0.25, -0.2) is 0 Å². The Morgan fingerprint density at radius 2 is 1.31 bits per heavy atom. The van der Waals surface area contributed by atoms with Gasteiger partial charge in [-0.05, 0) is 47.3 Å². The van der Waals surface area contributed by atoms with Gasteiger partial charge < -0.3 is 0 Å². The minimum atomic E-state index is 0.521. The number of fused-ring (bicyclic) bond motifs is 1. The van der Waals surface area contributed by atoms with E-state index < -0.39 is 0 Å². The maximum Gasteiger partial charge on any atom is -0.0319 e. The molecule has 2 saturated carbocycles. The number of hydrogen-bond donors (Lipinski definition) is 0. The summed E-state index contributed by atoms with van der Waals surface area (Å²) in [5.74, 6) is 4.07. The van der Waals surface area contributed by atoms with Gasteiger partial charge in [-0.3, -0.25) is 0 Å². The van der Waals surface area contributed by atoms with Gasteiger partial charge in [-0.15, -0.1) is 0 Å². The van der Waals surface area contributed by atoms with Crippen LogP contribution in [0.4, 0.5) is 0 Å². The van der Waals surface area contributed by atoms with Crippen molar-refractivity contribution >= 4 is 0 Å². The lowest BCUT2D eigenvalue weighted by Gasteiger charge is -2.59. The molecule has 0 N–H and O–H groups in total. The van der Waals surface area contributed by atoms with Crippen molar-refractivity contribution in [2.24, 2.45) is 34.5 Å². The highest BCUT2D eigenvalue weighted by atomic mass is 14.6. The van der Waals surface area contributed by atoms with Crippen LogP contribution in [0, 0.1) is 34.5 Å². The Morgan fingerprint density at radius 1 is 0.750 bits per heavy atom. The van der Waals surface area contributed by atoms with E-state index in [0.29, 0.717) is 10.8 Å². The third-order valence-corrected chi connectivity index (χ3v) is 5.35. The van der Waals surface area contributed by atoms with E-state index in [4.69, 9.17) is 0 Å². The standard InChI is InChI=1S/C16H30/c1-15(2,3)12-9-7-8-11-10-13(14(11)12)16(4,5)6/h11-14H,7-10H2,1-6H3. The highest BCUT2D eigenvalue weighted by Crippen LogP contribution is 2.61. The van der Waals surface area contributed by atoms with Crippen molar-refractivity contribution in [1.29, 1.82) is 0 Å². The molecule has 0 aromatic rings. The summed E-state index contributed by atoms with van der Waals surface area (Å²) in [5.41, 5.74) is 1.05. The summed E-state index contributed by atoms with van der Waals surface area (Å²) in [7, 11) is 0. The monoisotopic (exact) mass is 222 g/mol. The smallest absolute Gasteiger partial charge is 0.0319 e. The Balaban J connectivity index is 2.15. The molecule has 0 bridgehead atoms. The second kappa shape index (κ2) is 3.75. The predicted molar refractivity (Wildman–Crippen MR) is 71.3 cm³/mol. The molecule has 0 amide bonds. The van der Waals surface area contributed by atoms with Gasteiger partial charge in [0.2, 0.25) is 0 Å². The molecule has 16 heavy (non-hydrogen) atoms. The summed E-state index contributed by atoms with van der Waals surface area (Å²) in [4.78, 5) is 0. The average molecular weight is 222 g/mol. The zero-order valence-corrected chi connectivity index (χ0v) is 12.1. The second-order valence-electron chi connectivity index (χ2n) is 8.45. The van der Waals surface area contributed by atoms with E-state index in [9.17, 15) is 0 Å². The van der Waals surface area contributed by atoms with Gasteiger partial charge in [-0.1, -0.05) is 54.4 Å². The SMILES string of the molecule is CC(C)(C)C1CCCC2CC(C(C)(C)C)C21. The summed E-state index contributed by atoms with van der Waals surface area (Å²) in [6.45, 7) is 14.7.